The van der Waals surface area contributed by atoms with E-state index in [9.17, 15) is 9.59 Å². The minimum atomic E-state index is -0.594. The Morgan fingerprint density at radius 3 is 3.00 bits per heavy atom. The highest BCUT2D eigenvalue weighted by Crippen LogP contribution is 2.10. The Hall–Kier alpha value is -1.14. The van der Waals surface area contributed by atoms with Crippen LogP contribution in [0.4, 0.5) is 5.69 Å². The van der Waals surface area contributed by atoms with Crippen molar-refractivity contribution < 1.29 is 4.79 Å². The molecule has 1 aromatic rings. The smallest absolute Gasteiger partial charge is 0.271 e. The summed E-state index contributed by atoms with van der Waals surface area (Å²) in [5, 5.41) is 2.46. The molecular weight excluding hydrogens is 262 g/mol. The summed E-state index contributed by atoms with van der Waals surface area (Å²) in [6, 6.07) is 0.933. The van der Waals surface area contributed by atoms with Gasteiger partial charge >= 0.3 is 0 Å². The van der Waals surface area contributed by atoms with Crippen LogP contribution >= 0.6 is 15.9 Å². The highest BCUT2D eigenvalue weighted by molar-refractivity contribution is 9.10. The van der Waals surface area contributed by atoms with Crippen LogP contribution in [0.15, 0.2) is 21.5 Å². The SMILES string of the molecule is CC[C@H](N)C(=O)Nc1cc(Br)c[nH]c1=O. The van der Waals surface area contributed by atoms with Crippen LogP contribution in [0.1, 0.15) is 13.3 Å². The number of H-pyrrole nitrogens is 1. The molecule has 0 fully saturated rings. The van der Waals surface area contributed by atoms with Gasteiger partial charge in [0.25, 0.3) is 5.56 Å². The maximum Gasteiger partial charge on any atom is 0.271 e. The molecule has 0 unspecified atom stereocenters. The van der Waals surface area contributed by atoms with E-state index in [4.69, 9.17) is 5.73 Å². The number of pyridine rings is 1. The van der Waals surface area contributed by atoms with Crippen LogP contribution in [0.3, 0.4) is 0 Å². The summed E-state index contributed by atoms with van der Waals surface area (Å²) in [7, 11) is 0. The van der Waals surface area contributed by atoms with Gasteiger partial charge in [-0.15, -0.1) is 0 Å². The fourth-order valence-corrected chi connectivity index (χ4v) is 1.30. The summed E-state index contributed by atoms with van der Waals surface area (Å²) in [6.07, 6.45) is 2.02. The highest BCUT2D eigenvalue weighted by Gasteiger charge is 2.12. The largest absolute Gasteiger partial charge is 0.326 e. The zero-order chi connectivity index (χ0) is 11.4. The Kier molecular flexibility index (Phi) is 4.05. The second-order valence-electron chi connectivity index (χ2n) is 3.06. The fraction of sp³-hybridized carbons (Fsp3) is 0.333. The number of halogens is 1. The number of carbonyl (C=O) groups excluding carboxylic acids is 1. The molecule has 0 radical (unpaired) electrons. The summed E-state index contributed by atoms with van der Waals surface area (Å²) in [5.74, 6) is -0.360. The third-order valence-corrected chi connectivity index (χ3v) is 2.36. The number of carbonyl (C=O) groups is 1. The molecule has 1 amide bonds. The predicted molar refractivity (Wildman–Crippen MR) is 61.7 cm³/mol. The van der Waals surface area contributed by atoms with E-state index < -0.39 is 6.04 Å². The molecule has 5 nitrogen and oxygen atoms in total. The topological polar surface area (TPSA) is 88.0 Å². The molecule has 15 heavy (non-hydrogen) atoms. The Morgan fingerprint density at radius 1 is 1.73 bits per heavy atom. The number of amides is 1. The van der Waals surface area contributed by atoms with E-state index >= 15 is 0 Å². The number of nitrogens with one attached hydrogen (secondary N) is 2. The molecule has 1 aromatic heterocycles. The average molecular weight is 274 g/mol. The van der Waals surface area contributed by atoms with Gasteiger partial charge < -0.3 is 16.0 Å². The van der Waals surface area contributed by atoms with Gasteiger partial charge in [-0.25, -0.2) is 0 Å². The zero-order valence-electron chi connectivity index (χ0n) is 8.21. The standard InChI is InChI=1S/C9H12BrN3O2/c1-2-6(11)8(14)13-7-3-5(10)4-12-9(7)15/h3-4,6H,2,11H2,1H3,(H,12,15)(H,13,14)/t6-/m0/s1. The van der Waals surface area contributed by atoms with E-state index in [1.54, 1.807) is 6.92 Å². The number of hydrogen-bond acceptors (Lipinski definition) is 3. The van der Waals surface area contributed by atoms with Gasteiger partial charge in [0.15, 0.2) is 0 Å². The lowest BCUT2D eigenvalue weighted by Crippen LogP contribution is -2.36. The number of anilines is 1. The molecule has 0 aliphatic carbocycles. The van der Waals surface area contributed by atoms with Gasteiger partial charge in [0.2, 0.25) is 5.91 Å². The van der Waals surface area contributed by atoms with Crippen LogP contribution < -0.4 is 16.6 Å². The molecule has 82 valence electrons. The first-order chi connectivity index (χ1) is 7.04. The summed E-state index contributed by atoms with van der Waals surface area (Å²) in [4.78, 5) is 25.2. The van der Waals surface area contributed by atoms with E-state index in [0.29, 0.717) is 10.9 Å². The number of aromatic amines is 1. The van der Waals surface area contributed by atoms with Crippen molar-refractivity contribution >= 4 is 27.5 Å². The van der Waals surface area contributed by atoms with Crippen molar-refractivity contribution in [3.05, 3.63) is 27.1 Å². The van der Waals surface area contributed by atoms with E-state index in [1.165, 1.54) is 12.3 Å². The molecular formula is C9H12BrN3O2. The van der Waals surface area contributed by atoms with Gasteiger partial charge in [-0.2, -0.15) is 0 Å². The second kappa shape index (κ2) is 5.09. The first-order valence-electron chi connectivity index (χ1n) is 4.49. The van der Waals surface area contributed by atoms with Gasteiger partial charge in [-0.1, -0.05) is 6.92 Å². The van der Waals surface area contributed by atoms with E-state index in [2.05, 4.69) is 26.2 Å². The third kappa shape index (κ3) is 3.17. The lowest BCUT2D eigenvalue weighted by Gasteiger charge is -2.09. The highest BCUT2D eigenvalue weighted by atomic mass is 79.9. The monoisotopic (exact) mass is 273 g/mol. The number of hydrogen-bond donors (Lipinski definition) is 3. The van der Waals surface area contributed by atoms with Crippen molar-refractivity contribution in [2.45, 2.75) is 19.4 Å². The summed E-state index contributed by atoms with van der Waals surface area (Å²) >= 11 is 3.19. The Balaban J connectivity index is 2.85. The number of aromatic nitrogens is 1. The minimum Gasteiger partial charge on any atom is -0.326 e. The molecule has 0 aliphatic rings. The van der Waals surface area contributed by atoms with Crippen LogP contribution in [0, 0.1) is 0 Å². The quantitative estimate of drug-likeness (QED) is 0.762. The second-order valence-corrected chi connectivity index (χ2v) is 3.98. The maximum absolute atomic E-state index is 11.4. The molecule has 1 atom stereocenters. The van der Waals surface area contributed by atoms with Crippen molar-refractivity contribution in [3.63, 3.8) is 0 Å². The molecule has 0 saturated heterocycles. The van der Waals surface area contributed by atoms with Crippen molar-refractivity contribution in [3.8, 4) is 0 Å². The van der Waals surface area contributed by atoms with E-state index in [-0.39, 0.29) is 17.2 Å². The Labute approximate surface area is 95.2 Å². The van der Waals surface area contributed by atoms with Crippen molar-refractivity contribution in [1.29, 1.82) is 0 Å². The van der Waals surface area contributed by atoms with Crippen LogP contribution in [0.2, 0.25) is 0 Å². The first-order valence-corrected chi connectivity index (χ1v) is 5.28. The Morgan fingerprint density at radius 2 is 2.40 bits per heavy atom. The van der Waals surface area contributed by atoms with Gasteiger partial charge in [0.1, 0.15) is 5.69 Å². The molecule has 0 aliphatic heterocycles. The normalized spacial score (nSPS) is 12.2. The maximum atomic E-state index is 11.4. The molecule has 0 spiro atoms. The van der Waals surface area contributed by atoms with Crippen molar-refractivity contribution in [1.82, 2.24) is 4.98 Å². The van der Waals surface area contributed by atoms with Gasteiger partial charge in [-0.3, -0.25) is 9.59 Å². The molecule has 0 saturated carbocycles. The van der Waals surface area contributed by atoms with E-state index in [0.717, 1.165) is 0 Å². The van der Waals surface area contributed by atoms with Crippen LogP contribution in [-0.4, -0.2) is 16.9 Å². The van der Waals surface area contributed by atoms with Crippen LogP contribution in [0.5, 0.6) is 0 Å². The molecule has 6 heteroatoms. The zero-order valence-corrected chi connectivity index (χ0v) is 9.80. The molecule has 1 heterocycles. The Bertz CT molecular complexity index is 416. The van der Waals surface area contributed by atoms with Gasteiger partial charge in [0.05, 0.1) is 6.04 Å². The first kappa shape index (κ1) is 11.9. The number of nitrogens with two attached hydrogens (primary N) is 1. The summed E-state index contributed by atoms with van der Waals surface area (Å²) < 4.78 is 0.683. The molecule has 0 bridgehead atoms. The van der Waals surface area contributed by atoms with Gasteiger partial charge in [-0.05, 0) is 28.4 Å². The third-order valence-electron chi connectivity index (χ3n) is 1.90. The lowest BCUT2D eigenvalue weighted by molar-refractivity contribution is -0.117. The summed E-state index contributed by atoms with van der Waals surface area (Å²) in [5.41, 5.74) is 5.36. The lowest BCUT2D eigenvalue weighted by atomic mass is 10.2. The predicted octanol–water partition coefficient (Wildman–Crippen LogP) is 0.813. The summed E-state index contributed by atoms with van der Waals surface area (Å²) in [6.45, 7) is 1.80. The van der Waals surface area contributed by atoms with Crippen LogP contribution in [0.25, 0.3) is 0 Å². The van der Waals surface area contributed by atoms with Crippen molar-refractivity contribution in [2.24, 2.45) is 5.73 Å². The average Bonchev–Trinajstić information content (AvgIpc) is 2.22. The van der Waals surface area contributed by atoms with Crippen molar-refractivity contribution in [2.75, 3.05) is 5.32 Å². The molecule has 0 aromatic carbocycles. The minimum absolute atomic E-state index is 0.193. The number of rotatable bonds is 3. The van der Waals surface area contributed by atoms with Crippen LogP contribution in [-0.2, 0) is 4.79 Å². The van der Waals surface area contributed by atoms with Gasteiger partial charge in [0, 0.05) is 10.7 Å². The molecule has 4 N–H and O–H groups in total. The molecule has 1 rings (SSSR count). The van der Waals surface area contributed by atoms with E-state index in [1.807, 2.05) is 0 Å². The fourth-order valence-electron chi connectivity index (χ4n) is 0.961.